The van der Waals surface area contributed by atoms with E-state index in [0.29, 0.717) is 39.3 Å². The first-order valence-electron chi connectivity index (χ1n) is 16.6. The Morgan fingerprint density at radius 3 is 1.81 bits per heavy atom. The van der Waals surface area contributed by atoms with Crippen LogP contribution in [0.2, 0.25) is 0 Å². The van der Waals surface area contributed by atoms with Crippen molar-refractivity contribution in [3.05, 3.63) is 125 Å². The van der Waals surface area contributed by atoms with E-state index in [1.807, 2.05) is 72.8 Å². The van der Waals surface area contributed by atoms with Crippen molar-refractivity contribution >= 4 is 0 Å². The van der Waals surface area contributed by atoms with Crippen molar-refractivity contribution in [3.63, 3.8) is 0 Å². The van der Waals surface area contributed by atoms with Gasteiger partial charge in [0.1, 0.15) is 17.2 Å². The monoisotopic (exact) mass is 656 g/mol. The summed E-state index contributed by atoms with van der Waals surface area (Å²) in [7, 11) is 4.97. The Hall–Kier alpha value is -4.08. The second kappa shape index (κ2) is 17.9. The molecule has 1 aromatic heterocycles. The summed E-state index contributed by atoms with van der Waals surface area (Å²) in [5.74, 6) is 2.25. The first-order valence-corrected chi connectivity index (χ1v) is 16.6. The molecule has 4 atom stereocenters. The fourth-order valence-corrected chi connectivity index (χ4v) is 6.17. The van der Waals surface area contributed by atoms with Gasteiger partial charge in [0.2, 0.25) is 0 Å². The van der Waals surface area contributed by atoms with Gasteiger partial charge < -0.3 is 37.9 Å². The van der Waals surface area contributed by atoms with Crippen LogP contribution in [0.5, 0.6) is 17.2 Å². The lowest BCUT2D eigenvalue weighted by Crippen LogP contribution is -2.37. The normalized spacial score (nSPS) is 20.4. The minimum Gasteiger partial charge on any atom is -0.497 e. The summed E-state index contributed by atoms with van der Waals surface area (Å²) >= 11 is 0. The highest BCUT2D eigenvalue weighted by atomic mass is 16.5. The zero-order chi connectivity index (χ0) is 33.7. The molecular formula is C40H48O8. The molecule has 48 heavy (non-hydrogen) atoms. The van der Waals surface area contributed by atoms with E-state index in [9.17, 15) is 5.11 Å². The molecule has 8 nitrogen and oxygen atoms in total. The van der Waals surface area contributed by atoms with E-state index < -0.39 is 12.2 Å². The van der Waals surface area contributed by atoms with Gasteiger partial charge in [0.05, 0.1) is 78.6 Å². The third-order valence-corrected chi connectivity index (χ3v) is 8.95. The van der Waals surface area contributed by atoms with Gasteiger partial charge >= 0.3 is 0 Å². The number of methoxy groups -OCH3 is 3. The Balaban J connectivity index is 1.43. The molecular weight excluding hydrogens is 608 g/mol. The van der Waals surface area contributed by atoms with Gasteiger partial charge in [0, 0.05) is 12.3 Å². The van der Waals surface area contributed by atoms with E-state index in [1.165, 1.54) is 0 Å². The highest BCUT2D eigenvalue weighted by molar-refractivity contribution is 5.34. The maximum atomic E-state index is 12.0. The molecule has 0 saturated carbocycles. The lowest BCUT2D eigenvalue weighted by atomic mass is 9.85. The van der Waals surface area contributed by atoms with Crippen molar-refractivity contribution in [1.29, 1.82) is 0 Å². The predicted octanol–water partition coefficient (Wildman–Crippen LogP) is 7.81. The van der Waals surface area contributed by atoms with Crippen LogP contribution < -0.4 is 14.2 Å². The summed E-state index contributed by atoms with van der Waals surface area (Å²) in [6.45, 7) is 3.73. The average molecular weight is 657 g/mol. The summed E-state index contributed by atoms with van der Waals surface area (Å²) < 4.78 is 41.2. The summed E-state index contributed by atoms with van der Waals surface area (Å²) in [4.78, 5) is 0. The maximum Gasteiger partial charge on any atom is 0.118 e. The average Bonchev–Trinajstić information content (AvgIpc) is 3.60. The molecule has 5 rings (SSSR count). The number of furan rings is 1. The molecule has 1 heterocycles. The first-order chi connectivity index (χ1) is 23.5. The molecule has 0 aliphatic heterocycles. The van der Waals surface area contributed by atoms with Crippen molar-refractivity contribution in [2.24, 2.45) is 0 Å². The van der Waals surface area contributed by atoms with E-state index in [-0.39, 0.29) is 12.0 Å². The number of aliphatic hydroxyl groups is 1. The summed E-state index contributed by atoms with van der Waals surface area (Å²) in [6.07, 6.45) is 6.88. The molecule has 0 unspecified atom stereocenters. The van der Waals surface area contributed by atoms with E-state index >= 15 is 0 Å². The Bertz CT molecular complexity index is 1540. The smallest absolute Gasteiger partial charge is 0.118 e. The summed E-state index contributed by atoms with van der Waals surface area (Å²) in [5, 5.41) is 12.0. The number of benzene rings is 3. The number of ether oxygens (including phenoxy) is 6. The number of hydrogen-bond acceptors (Lipinski definition) is 8. The molecule has 0 amide bonds. The highest BCUT2D eigenvalue weighted by Crippen LogP contribution is 2.37. The first kappa shape index (κ1) is 35.2. The van der Waals surface area contributed by atoms with Crippen LogP contribution in [0.25, 0.3) is 0 Å². The lowest BCUT2D eigenvalue weighted by molar-refractivity contribution is -0.0829. The van der Waals surface area contributed by atoms with Crippen LogP contribution in [0.1, 0.15) is 59.9 Å². The Labute approximate surface area is 284 Å². The van der Waals surface area contributed by atoms with E-state index in [1.54, 1.807) is 33.9 Å². The number of aliphatic hydroxyl groups excluding tert-OH is 1. The van der Waals surface area contributed by atoms with Gasteiger partial charge in [-0.25, -0.2) is 0 Å². The molecule has 0 radical (unpaired) electrons. The third kappa shape index (κ3) is 9.51. The van der Waals surface area contributed by atoms with Crippen LogP contribution in [-0.2, 0) is 40.5 Å². The fraction of sp³-hybridized carbons (Fsp3) is 0.400. The van der Waals surface area contributed by atoms with Gasteiger partial charge in [-0.15, -0.1) is 0 Å². The molecule has 0 bridgehead atoms. The maximum absolute atomic E-state index is 12.0. The topological polar surface area (TPSA) is 88.8 Å². The second-order valence-electron chi connectivity index (χ2n) is 12.1. The molecule has 256 valence electrons. The molecule has 8 heteroatoms. The highest BCUT2D eigenvalue weighted by Gasteiger charge is 2.36. The van der Waals surface area contributed by atoms with Crippen LogP contribution in [0.3, 0.4) is 0 Å². The van der Waals surface area contributed by atoms with Crippen LogP contribution in [0, 0.1) is 0 Å². The molecule has 1 N–H and O–H groups in total. The van der Waals surface area contributed by atoms with Crippen LogP contribution >= 0.6 is 0 Å². The molecule has 3 aromatic carbocycles. The molecule has 0 fully saturated rings. The SMILES string of the molecule is CCC[C@H]1c2cocc2C/C(=C/COCc2ccc(OC)cc2)[C@H](OCc2ccc(OC)cc2)C[C@@H](OCc2ccc(OC)cc2)[C@H]1O. The largest absolute Gasteiger partial charge is 0.497 e. The molecule has 0 spiro atoms. The Morgan fingerprint density at radius 2 is 1.27 bits per heavy atom. The number of hydrogen-bond donors (Lipinski definition) is 1. The summed E-state index contributed by atoms with van der Waals surface area (Å²) in [6, 6.07) is 23.6. The van der Waals surface area contributed by atoms with Gasteiger partial charge in [-0.1, -0.05) is 55.8 Å². The van der Waals surface area contributed by atoms with Crippen molar-refractivity contribution in [3.8, 4) is 17.2 Å². The van der Waals surface area contributed by atoms with Gasteiger partial charge in [-0.3, -0.25) is 0 Å². The minimum atomic E-state index is -0.766. The molecule has 1 aliphatic carbocycles. The van der Waals surface area contributed by atoms with Crippen LogP contribution in [0.4, 0.5) is 0 Å². The van der Waals surface area contributed by atoms with Gasteiger partial charge in [-0.05, 0) is 82.6 Å². The van der Waals surface area contributed by atoms with Crippen molar-refractivity contribution in [2.45, 2.75) is 76.7 Å². The van der Waals surface area contributed by atoms with Crippen LogP contribution in [0.15, 0.2) is 101 Å². The minimum absolute atomic E-state index is 0.141. The van der Waals surface area contributed by atoms with Crippen molar-refractivity contribution in [2.75, 3.05) is 27.9 Å². The number of rotatable bonds is 15. The summed E-state index contributed by atoms with van der Waals surface area (Å²) in [5.41, 5.74) is 6.20. The molecule has 4 aromatic rings. The van der Waals surface area contributed by atoms with Crippen LogP contribution in [-0.4, -0.2) is 51.4 Å². The lowest BCUT2D eigenvalue weighted by Gasteiger charge is -2.31. The van der Waals surface area contributed by atoms with E-state index in [4.69, 9.17) is 32.8 Å². The van der Waals surface area contributed by atoms with Crippen molar-refractivity contribution < 1.29 is 37.9 Å². The van der Waals surface area contributed by atoms with Gasteiger partial charge in [0.25, 0.3) is 0 Å². The van der Waals surface area contributed by atoms with Gasteiger partial charge in [-0.2, -0.15) is 0 Å². The predicted molar refractivity (Wildman–Crippen MR) is 185 cm³/mol. The number of fused-ring (bicyclic) bond motifs is 1. The van der Waals surface area contributed by atoms with Gasteiger partial charge in [0.15, 0.2) is 0 Å². The fourth-order valence-electron chi connectivity index (χ4n) is 6.17. The Kier molecular flexibility index (Phi) is 13.1. The quantitative estimate of drug-likeness (QED) is 0.102. The standard InChI is InChI=1S/C40H48O8/c1-5-6-36-37-27-46-26-32(37)21-31(19-20-45-23-28-7-13-33(42-2)14-8-28)38(47-24-29-9-15-34(43-3)16-10-29)22-39(40(36)41)48-25-30-11-17-35(44-4)18-12-30/h7-19,26-27,36,38-41H,5-6,20-25H2,1-4H3/b31-19-/t36-,38+,39+,40-/m0/s1. The van der Waals surface area contributed by atoms with E-state index in [0.717, 1.165) is 63.5 Å². The van der Waals surface area contributed by atoms with Crippen molar-refractivity contribution in [1.82, 2.24) is 0 Å². The molecule has 0 saturated heterocycles. The van der Waals surface area contributed by atoms with E-state index in [2.05, 4.69) is 13.0 Å². The third-order valence-electron chi connectivity index (χ3n) is 8.95. The zero-order valence-electron chi connectivity index (χ0n) is 28.4. The second-order valence-corrected chi connectivity index (χ2v) is 12.1. The Morgan fingerprint density at radius 1 is 0.729 bits per heavy atom. The molecule has 1 aliphatic rings. The zero-order valence-corrected chi connectivity index (χ0v) is 28.4.